The summed E-state index contributed by atoms with van der Waals surface area (Å²) in [6.07, 6.45) is 4.00. The molecular formula is C20H27N5. The minimum Gasteiger partial charge on any atom is -0.330 e. The van der Waals surface area contributed by atoms with Gasteiger partial charge in [0.15, 0.2) is 0 Å². The van der Waals surface area contributed by atoms with Crippen LogP contribution in [0.5, 0.6) is 0 Å². The summed E-state index contributed by atoms with van der Waals surface area (Å²) in [5.74, 6) is 1.09. The van der Waals surface area contributed by atoms with Crippen LogP contribution in [-0.2, 0) is 20.1 Å². The molecule has 3 rings (SSSR count). The second-order valence-electron chi connectivity index (χ2n) is 6.55. The first-order valence-electron chi connectivity index (χ1n) is 8.92. The van der Waals surface area contributed by atoms with Crippen LogP contribution < -0.4 is 5.73 Å². The highest BCUT2D eigenvalue weighted by atomic mass is 15.2. The zero-order chi connectivity index (χ0) is 17.6. The Balaban J connectivity index is 1.80. The standard InChI is InChI=1S/C20H27N5/c1-16-8-7-12-22-18(16)14-25(13-6-5-11-21)15-20-23-17-9-3-4-10-19(17)24(20)2/h3-4,7-10,12H,5-6,11,13-15,21H2,1-2H3. The van der Waals surface area contributed by atoms with Crippen molar-refractivity contribution < 1.29 is 0 Å². The highest BCUT2D eigenvalue weighted by Crippen LogP contribution is 2.17. The number of aromatic nitrogens is 3. The highest BCUT2D eigenvalue weighted by molar-refractivity contribution is 5.75. The van der Waals surface area contributed by atoms with Gasteiger partial charge in [0, 0.05) is 19.8 Å². The summed E-state index contributed by atoms with van der Waals surface area (Å²) in [5, 5.41) is 0. The summed E-state index contributed by atoms with van der Waals surface area (Å²) < 4.78 is 2.19. The first kappa shape index (κ1) is 17.6. The van der Waals surface area contributed by atoms with Crippen LogP contribution in [0, 0.1) is 6.92 Å². The molecule has 1 aromatic carbocycles. The maximum absolute atomic E-state index is 5.67. The van der Waals surface area contributed by atoms with Gasteiger partial charge in [-0.1, -0.05) is 18.2 Å². The molecule has 132 valence electrons. The predicted molar refractivity (Wildman–Crippen MR) is 102 cm³/mol. The van der Waals surface area contributed by atoms with E-state index in [-0.39, 0.29) is 0 Å². The molecular weight excluding hydrogens is 310 g/mol. The number of rotatable bonds is 8. The lowest BCUT2D eigenvalue weighted by atomic mass is 10.2. The molecule has 3 aromatic rings. The number of nitrogens with two attached hydrogens (primary N) is 1. The van der Waals surface area contributed by atoms with Crippen molar-refractivity contribution in [3.8, 4) is 0 Å². The minimum absolute atomic E-state index is 0.739. The maximum Gasteiger partial charge on any atom is 0.123 e. The van der Waals surface area contributed by atoms with Gasteiger partial charge in [-0.15, -0.1) is 0 Å². The molecule has 0 bridgehead atoms. The number of benzene rings is 1. The van der Waals surface area contributed by atoms with Crippen molar-refractivity contribution >= 4 is 11.0 Å². The largest absolute Gasteiger partial charge is 0.330 e. The Kier molecular flexibility index (Phi) is 5.79. The number of aryl methyl sites for hydroxylation is 2. The van der Waals surface area contributed by atoms with Gasteiger partial charge >= 0.3 is 0 Å². The number of unbranched alkanes of at least 4 members (excludes halogenated alkanes) is 1. The lowest BCUT2D eigenvalue weighted by molar-refractivity contribution is 0.240. The third kappa shape index (κ3) is 4.24. The van der Waals surface area contributed by atoms with Gasteiger partial charge in [-0.2, -0.15) is 0 Å². The summed E-state index contributed by atoms with van der Waals surface area (Å²) in [4.78, 5) is 11.8. The fourth-order valence-corrected chi connectivity index (χ4v) is 3.13. The fourth-order valence-electron chi connectivity index (χ4n) is 3.13. The van der Waals surface area contributed by atoms with Crippen molar-refractivity contribution in [3.05, 3.63) is 59.7 Å². The van der Waals surface area contributed by atoms with Crippen molar-refractivity contribution in [2.24, 2.45) is 12.8 Å². The molecule has 0 amide bonds. The second kappa shape index (κ2) is 8.23. The number of fused-ring (bicyclic) bond motifs is 1. The van der Waals surface area contributed by atoms with Gasteiger partial charge in [0.2, 0.25) is 0 Å². The van der Waals surface area contributed by atoms with Gasteiger partial charge < -0.3 is 10.3 Å². The average Bonchev–Trinajstić information content (AvgIpc) is 2.93. The maximum atomic E-state index is 5.67. The lowest BCUT2D eigenvalue weighted by Gasteiger charge is -2.22. The summed E-state index contributed by atoms with van der Waals surface area (Å²) in [5.41, 5.74) is 10.3. The molecule has 0 atom stereocenters. The van der Waals surface area contributed by atoms with Gasteiger partial charge in [-0.25, -0.2) is 4.98 Å². The van der Waals surface area contributed by atoms with Crippen LogP contribution in [0.15, 0.2) is 42.6 Å². The highest BCUT2D eigenvalue weighted by Gasteiger charge is 2.14. The Labute approximate surface area is 149 Å². The van der Waals surface area contributed by atoms with E-state index >= 15 is 0 Å². The predicted octanol–water partition coefficient (Wildman–Crippen LogP) is 3.02. The second-order valence-corrected chi connectivity index (χ2v) is 6.55. The summed E-state index contributed by atoms with van der Waals surface area (Å²) in [6.45, 7) is 5.50. The number of hydrogen-bond acceptors (Lipinski definition) is 4. The number of para-hydroxylation sites is 2. The monoisotopic (exact) mass is 337 g/mol. The SMILES string of the molecule is Cc1cccnc1CN(CCCCN)Cc1nc2ccccc2n1C. The zero-order valence-electron chi connectivity index (χ0n) is 15.2. The van der Waals surface area contributed by atoms with E-state index in [1.807, 2.05) is 18.3 Å². The first-order chi connectivity index (χ1) is 12.2. The molecule has 0 fully saturated rings. The third-order valence-corrected chi connectivity index (χ3v) is 4.66. The topological polar surface area (TPSA) is 60.0 Å². The molecule has 0 aliphatic heterocycles. The van der Waals surface area contributed by atoms with E-state index in [9.17, 15) is 0 Å². The Bertz CT molecular complexity index is 824. The molecule has 2 N–H and O–H groups in total. The van der Waals surface area contributed by atoms with E-state index in [0.717, 1.165) is 56.1 Å². The van der Waals surface area contributed by atoms with Crippen molar-refractivity contribution in [3.63, 3.8) is 0 Å². The molecule has 0 unspecified atom stereocenters. The summed E-state index contributed by atoms with van der Waals surface area (Å²) in [7, 11) is 2.09. The average molecular weight is 337 g/mol. The van der Waals surface area contributed by atoms with Crippen LogP contribution in [0.25, 0.3) is 11.0 Å². The number of nitrogens with zero attached hydrogens (tertiary/aromatic N) is 4. The van der Waals surface area contributed by atoms with Crippen molar-refractivity contribution in [1.29, 1.82) is 0 Å². The van der Waals surface area contributed by atoms with Crippen LogP contribution in [0.4, 0.5) is 0 Å². The van der Waals surface area contributed by atoms with E-state index in [1.165, 1.54) is 11.1 Å². The number of pyridine rings is 1. The van der Waals surface area contributed by atoms with Crippen LogP contribution >= 0.6 is 0 Å². The van der Waals surface area contributed by atoms with Crippen molar-refractivity contribution in [1.82, 2.24) is 19.4 Å². The molecule has 0 radical (unpaired) electrons. The molecule has 0 aliphatic rings. The molecule has 2 heterocycles. The van der Waals surface area contributed by atoms with Gasteiger partial charge in [-0.3, -0.25) is 9.88 Å². The Morgan fingerprint density at radius 2 is 1.92 bits per heavy atom. The van der Waals surface area contributed by atoms with Gasteiger partial charge in [0.05, 0.1) is 23.3 Å². The molecule has 0 saturated carbocycles. The molecule has 25 heavy (non-hydrogen) atoms. The molecule has 2 aromatic heterocycles. The van der Waals surface area contributed by atoms with E-state index < -0.39 is 0 Å². The normalized spacial score (nSPS) is 11.5. The molecule has 0 saturated heterocycles. The molecule has 5 heteroatoms. The van der Waals surface area contributed by atoms with Crippen LogP contribution in [0.1, 0.15) is 29.9 Å². The Hall–Kier alpha value is -2.24. The van der Waals surface area contributed by atoms with E-state index in [1.54, 1.807) is 0 Å². The Morgan fingerprint density at radius 3 is 2.68 bits per heavy atom. The minimum atomic E-state index is 0.739. The van der Waals surface area contributed by atoms with Gasteiger partial charge in [0.1, 0.15) is 5.82 Å². The Morgan fingerprint density at radius 1 is 1.08 bits per heavy atom. The van der Waals surface area contributed by atoms with Crippen molar-refractivity contribution in [2.45, 2.75) is 32.9 Å². The smallest absolute Gasteiger partial charge is 0.123 e. The molecule has 5 nitrogen and oxygen atoms in total. The first-order valence-corrected chi connectivity index (χ1v) is 8.92. The molecule has 0 spiro atoms. The van der Waals surface area contributed by atoms with E-state index in [0.29, 0.717) is 0 Å². The van der Waals surface area contributed by atoms with Gasteiger partial charge in [-0.05, 0) is 56.6 Å². The number of imidazole rings is 1. The quantitative estimate of drug-likeness (QED) is 0.642. The van der Waals surface area contributed by atoms with Crippen LogP contribution in [0.3, 0.4) is 0 Å². The third-order valence-electron chi connectivity index (χ3n) is 4.66. The number of hydrogen-bond donors (Lipinski definition) is 1. The van der Waals surface area contributed by atoms with Crippen LogP contribution in [0.2, 0.25) is 0 Å². The zero-order valence-corrected chi connectivity index (χ0v) is 15.2. The summed E-state index contributed by atoms with van der Waals surface area (Å²) in [6, 6.07) is 12.4. The van der Waals surface area contributed by atoms with Crippen molar-refractivity contribution in [2.75, 3.05) is 13.1 Å². The lowest BCUT2D eigenvalue weighted by Crippen LogP contribution is -2.27. The van der Waals surface area contributed by atoms with Crippen LogP contribution in [-0.4, -0.2) is 32.5 Å². The summed E-state index contributed by atoms with van der Waals surface area (Å²) >= 11 is 0. The molecule has 0 aliphatic carbocycles. The van der Waals surface area contributed by atoms with Gasteiger partial charge in [0.25, 0.3) is 0 Å². The van der Waals surface area contributed by atoms with E-state index in [2.05, 4.69) is 52.7 Å². The van der Waals surface area contributed by atoms with E-state index in [4.69, 9.17) is 10.7 Å². The fraction of sp³-hybridized carbons (Fsp3) is 0.400.